The Labute approximate surface area is 168 Å². The van der Waals surface area contributed by atoms with Gasteiger partial charge < -0.3 is 10.1 Å². The first-order valence-electron chi connectivity index (χ1n) is 9.74. The molecule has 1 aliphatic heterocycles. The monoisotopic (exact) mass is 383 g/mol. The highest BCUT2D eigenvalue weighted by atomic mass is 16.5. The number of fused-ring (bicyclic) bond motifs is 2. The number of hydrogen-bond donors (Lipinski definition) is 1. The van der Waals surface area contributed by atoms with Crippen molar-refractivity contribution < 1.29 is 9.53 Å². The minimum atomic E-state index is -0.168. The number of benzene rings is 3. The van der Waals surface area contributed by atoms with E-state index in [9.17, 15) is 4.79 Å². The highest BCUT2D eigenvalue weighted by molar-refractivity contribution is 5.97. The number of carbonyl (C=O) groups is 1. The summed E-state index contributed by atoms with van der Waals surface area (Å²) in [6, 6.07) is 22.6. The molecule has 1 atom stereocenters. The Kier molecular flexibility index (Phi) is 4.28. The SMILES string of the molecule is Cn1ccc(C(=O)NC2CCOc3ccc(-c4cccc5ccccc45)cc32)n1. The van der Waals surface area contributed by atoms with Crippen LogP contribution in [0.2, 0.25) is 0 Å². The average molecular weight is 383 g/mol. The Morgan fingerprint density at radius 3 is 2.83 bits per heavy atom. The number of hydrogen-bond acceptors (Lipinski definition) is 3. The van der Waals surface area contributed by atoms with Crippen molar-refractivity contribution in [1.29, 1.82) is 0 Å². The lowest BCUT2D eigenvalue weighted by molar-refractivity contribution is 0.0919. The second-order valence-corrected chi connectivity index (χ2v) is 7.32. The average Bonchev–Trinajstić information content (AvgIpc) is 3.20. The first-order valence-corrected chi connectivity index (χ1v) is 9.74. The molecule has 1 aliphatic rings. The molecule has 3 aromatic carbocycles. The number of ether oxygens (including phenoxy) is 1. The summed E-state index contributed by atoms with van der Waals surface area (Å²) in [5.41, 5.74) is 3.71. The Balaban J connectivity index is 1.52. The van der Waals surface area contributed by atoms with Crippen molar-refractivity contribution in [2.24, 2.45) is 7.05 Å². The molecular weight excluding hydrogens is 362 g/mol. The van der Waals surface area contributed by atoms with Gasteiger partial charge in [0.25, 0.3) is 5.91 Å². The fourth-order valence-electron chi connectivity index (χ4n) is 3.96. The molecule has 1 aromatic heterocycles. The van der Waals surface area contributed by atoms with E-state index in [-0.39, 0.29) is 11.9 Å². The van der Waals surface area contributed by atoms with E-state index in [2.05, 4.69) is 65.0 Å². The summed E-state index contributed by atoms with van der Waals surface area (Å²) in [4.78, 5) is 12.6. The Hall–Kier alpha value is -3.60. The third-order valence-corrected chi connectivity index (χ3v) is 5.40. The minimum Gasteiger partial charge on any atom is -0.493 e. The molecule has 1 amide bonds. The van der Waals surface area contributed by atoms with E-state index in [1.165, 1.54) is 16.3 Å². The second kappa shape index (κ2) is 7.09. The first kappa shape index (κ1) is 17.5. The van der Waals surface area contributed by atoms with E-state index in [0.29, 0.717) is 12.3 Å². The van der Waals surface area contributed by atoms with Gasteiger partial charge in [-0.2, -0.15) is 5.10 Å². The van der Waals surface area contributed by atoms with Crippen LogP contribution in [-0.4, -0.2) is 22.3 Å². The molecule has 4 aromatic rings. The quantitative estimate of drug-likeness (QED) is 0.567. The van der Waals surface area contributed by atoms with Gasteiger partial charge >= 0.3 is 0 Å². The van der Waals surface area contributed by atoms with Crippen LogP contribution in [0.3, 0.4) is 0 Å². The summed E-state index contributed by atoms with van der Waals surface area (Å²) in [5.74, 6) is 0.658. The fourth-order valence-corrected chi connectivity index (χ4v) is 3.96. The van der Waals surface area contributed by atoms with Crippen molar-refractivity contribution in [3.8, 4) is 16.9 Å². The molecule has 5 rings (SSSR count). The third-order valence-electron chi connectivity index (χ3n) is 5.40. The molecular formula is C24H21N3O2. The zero-order valence-electron chi connectivity index (χ0n) is 16.1. The Bertz CT molecular complexity index is 1210. The molecule has 0 aliphatic carbocycles. The maximum atomic E-state index is 12.6. The van der Waals surface area contributed by atoms with Crippen molar-refractivity contribution in [3.63, 3.8) is 0 Å². The summed E-state index contributed by atoms with van der Waals surface area (Å²) in [5, 5.41) is 9.75. The first-order chi connectivity index (χ1) is 14.2. The molecule has 29 heavy (non-hydrogen) atoms. The zero-order valence-corrected chi connectivity index (χ0v) is 16.1. The largest absolute Gasteiger partial charge is 0.493 e. The third kappa shape index (κ3) is 3.25. The lowest BCUT2D eigenvalue weighted by atomic mass is 9.93. The van der Waals surface area contributed by atoms with Gasteiger partial charge in [-0.3, -0.25) is 9.48 Å². The molecule has 144 valence electrons. The van der Waals surface area contributed by atoms with Gasteiger partial charge in [0.2, 0.25) is 0 Å². The van der Waals surface area contributed by atoms with Gasteiger partial charge in [0.15, 0.2) is 0 Å². The molecule has 5 nitrogen and oxygen atoms in total. The molecule has 0 fully saturated rings. The van der Waals surface area contributed by atoms with Crippen molar-refractivity contribution in [2.75, 3.05) is 6.61 Å². The van der Waals surface area contributed by atoms with Crippen LogP contribution in [0.4, 0.5) is 0 Å². The number of nitrogens with one attached hydrogen (secondary N) is 1. The predicted molar refractivity (Wildman–Crippen MR) is 113 cm³/mol. The van der Waals surface area contributed by atoms with E-state index in [0.717, 1.165) is 23.3 Å². The van der Waals surface area contributed by atoms with E-state index in [1.807, 2.05) is 6.07 Å². The Morgan fingerprint density at radius 2 is 1.97 bits per heavy atom. The van der Waals surface area contributed by atoms with Crippen LogP contribution in [-0.2, 0) is 7.05 Å². The highest BCUT2D eigenvalue weighted by Crippen LogP contribution is 2.37. The highest BCUT2D eigenvalue weighted by Gasteiger charge is 2.25. The fraction of sp³-hybridized carbons (Fsp3) is 0.167. The van der Waals surface area contributed by atoms with Crippen LogP contribution in [0, 0.1) is 0 Å². The van der Waals surface area contributed by atoms with Gasteiger partial charge in [0.1, 0.15) is 11.4 Å². The lowest BCUT2D eigenvalue weighted by Crippen LogP contribution is -2.32. The van der Waals surface area contributed by atoms with E-state index in [4.69, 9.17) is 4.74 Å². The summed E-state index contributed by atoms with van der Waals surface area (Å²) < 4.78 is 7.48. The molecule has 0 saturated carbocycles. The van der Waals surface area contributed by atoms with Gasteiger partial charge in [-0.25, -0.2) is 0 Å². The molecule has 0 saturated heterocycles. The van der Waals surface area contributed by atoms with Crippen LogP contribution in [0.1, 0.15) is 28.5 Å². The van der Waals surface area contributed by atoms with Crippen molar-refractivity contribution in [1.82, 2.24) is 15.1 Å². The van der Waals surface area contributed by atoms with Crippen LogP contribution < -0.4 is 10.1 Å². The van der Waals surface area contributed by atoms with Gasteiger partial charge in [0, 0.05) is 25.2 Å². The van der Waals surface area contributed by atoms with E-state index in [1.54, 1.807) is 24.0 Å². The summed E-state index contributed by atoms with van der Waals surface area (Å²) in [7, 11) is 1.80. The normalized spacial score (nSPS) is 15.6. The van der Waals surface area contributed by atoms with Crippen LogP contribution in [0.5, 0.6) is 5.75 Å². The van der Waals surface area contributed by atoms with Crippen LogP contribution >= 0.6 is 0 Å². The van der Waals surface area contributed by atoms with Crippen LogP contribution in [0.25, 0.3) is 21.9 Å². The lowest BCUT2D eigenvalue weighted by Gasteiger charge is -2.27. The smallest absolute Gasteiger partial charge is 0.272 e. The van der Waals surface area contributed by atoms with E-state index < -0.39 is 0 Å². The maximum absolute atomic E-state index is 12.6. The van der Waals surface area contributed by atoms with Gasteiger partial charge in [0.05, 0.1) is 12.6 Å². The number of aromatic nitrogens is 2. The zero-order chi connectivity index (χ0) is 19.8. The Morgan fingerprint density at radius 1 is 1.10 bits per heavy atom. The van der Waals surface area contributed by atoms with Gasteiger partial charge in [-0.15, -0.1) is 0 Å². The predicted octanol–water partition coefficient (Wildman–Crippen LogP) is 4.49. The number of carbonyl (C=O) groups excluding carboxylic acids is 1. The summed E-state index contributed by atoms with van der Waals surface area (Å²) in [6.45, 7) is 0.577. The maximum Gasteiger partial charge on any atom is 0.272 e. The molecule has 0 bridgehead atoms. The molecule has 1 N–H and O–H groups in total. The number of aryl methyl sites for hydroxylation is 1. The molecule has 2 heterocycles. The molecule has 1 unspecified atom stereocenters. The van der Waals surface area contributed by atoms with Crippen molar-refractivity contribution in [3.05, 3.63) is 84.2 Å². The van der Waals surface area contributed by atoms with Crippen LogP contribution in [0.15, 0.2) is 72.9 Å². The van der Waals surface area contributed by atoms with Crippen molar-refractivity contribution >= 4 is 16.7 Å². The number of amides is 1. The minimum absolute atomic E-state index is 0.108. The summed E-state index contributed by atoms with van der Waals surface area (Å²) >= 11 is 0. The molecule has 5 heteroatoms. The number of nitrogens with zero attached hydrogens (tertiary/aromatic N) is 2. The van der Waals surface area contributed by atoms with Gasteiger partial charge in [-0.1, -0.05) is 48.5 Å². The molecule has 0 spiro atoms. The van der Waals surface area contributed by atoms with E-state index >= 15 is 0 Å². The standard InChI is InChI=1S/C24H21N3O2/c1-27-13-11-22(26-27)24(28)25-21-12-14-29-23-10-9-17(15-20(21)23)19-8-4-6-16-5-2-3-7-18(16)19/h2-11,13,15,21H,12,14H2,1H3,(H,25,28). The topological polar surface area (TPSA) is 56.2 Å². The van der Waals surface area contributed by atoms with Gasteiger partial charge in [-0.05, 0) is 40.1 Å². The summed E-state index contributed by atoms with van der Waals surface area (Å²) in [6.07, 6.45) is 2.50. The van der Waals surface area contributed by atoms with Crippen molar-refractivity contribution in [2.45, 2.75) is 12.5 Å². The second-order valence-electron chi connectivity index (χ2n) is 7.32. The molecule has 0 radical (unpaired) electrons. The number of rotatable bonds is 3.